The highest BCUT2D eigenvalue weighted by atomic mass is 35.5. The molecule has 0 fully saturated rings. The van der Waals surface area contributed by atoms with E-state index in [9.17, 15) is 0 Å². The van der Waals surface area contributed by atoms with E-state index in [0.717, 1.165) is 51.5 Å². The van der Waals surface area contributed by atoms with Crippen molar-refractivity contribution in [2.75, 3.05) is 11.9 Å². The van der Waals surface area contributed by atoms with Crippen molar-refractivity contribution in [1.29, 1.82) is 0 Å². The molecule has 0 bridgehead atoms. The molecule has 0 aliphatic rings. The van der Waals surface area contributed by atoms with Crippen molar-refractivity contribution in [3.05, 3.63) is 46.4 Å². The third-order valence-electron chi connectivity index (χ3n) is 3.14. The normalized spacial score (nSPS) is 10.7. The van der Waals surface area contributed by atoms with Crippen molar-refractivity contribution in [2.45, 2.75) is 37.8 Å². The van der Waals surface area contributed by atoms with Crippen LogP contribution < -0.4 is 5.32 Å². The monoisotopic (exact) mass is 321 g/mol. The Labute approximate surface area is 135 Å². The molecule has 1 aromatic carbocycles. The number of hydrogen-bond donors (Lipinski definition) is 1. The summed E-state index contributed by atoms with van der Waals surface area (Å²) in [6, 6.07) is 7.86. The van der Waals surface area contributed by atoms with Crippen LogP contribution in [0.5, 0.6) is 0 Å². The Morgan fingerprint density at radius 3 is 2.71 bits per heavy atom. The SMILES string of the molecule is CCNc1nc(CSc2cccc(Cl)c2)nc(CC)c1C. The summed E-state index contributed by atoms with van der Waals surface area (Å²) >= 11 is 7.71. The molecule has 1 heterocycles. The highest BCUT2D eigenvalue weighted by Crippen LogP contribution is 2.25. The first-order chi connectivity index (χ1) is 10.1. The molecule has 0 atom stereocenters. The molecule has 0 saturated carbocycles. The van der Waals surface area contributed by atoms with Crippen LogP contribution in [0.1, 0.15) is 30.9 Å². The summed E-state index contributed by atoms with van der Waals surface area (Å²) < 4.78 is 0. The van der Waals surface area contributed by atoms with E-state index in [1.807, 2.05) is 18.2 Å². The van der Waals surface area contributed by atoms with Crippen LogP contribution in [-0.2, 0) is 12.2 Å². The van der Waals surface area contributed by atoms with Gasteiger partial charge in [0.05, 0.1) is 5.75 Å². The van der Waals surface area contributed by atoms with Crippen molar-refractivity contribution < 1.29 is 0 Å². The Balaban J connectivity index is 2.17. The first-order valence-corrected chi connectivity index (χ1v) is 8.49. The number of nitrogens with one attached hydrogen (secondary N) is 1. The maximum Gasteiger partial charge on any atom is 0.141 e. The van der Waals surface area contributed by atoms with Crippen LogP contribution in [0.15, 0.2) is 29.2 Å². The van der Waals surface area contributed by atoms with Gasteiger partial charge in [-0.25, -0.2) is 9.97 Å². The third-order valence-corrected chi connectivity index (χ3v) is 4.36. The van der Waals surface area contributed by atoms with Crippen LogP contribution in [0.4, 0.5) is 5.82 Å². The summed E-state index contributed by atoms with van der Waals surface area (Å²) in [7, 11) is 0. The van der Waals surface area contributed by atoms with Crippen molar-refractivity contribution in [2.24, 2.45) is 0 Å². The largest absolute Gasteiger partial charge is 0.370 e. The summed E-state index contributed by atoms with van der Waals surface area (Å²) in [5, 5.41) is 4.07. The molecule has 0 unspecified atom stereocenters. The minimum absolute atomic E-state index is 0.742. The van der Waals surface area contributed by atoms with Gasteiger partial charge in [-0.3, -0.25) is 0 Å². The molecule has 0 radical (unpaired) electrons. The number of hydrogen-bond acceptors (Lipinski definition) is 4. The Hall–Kier alpha value is -1.26. The summed E-state index contributed by atoms with van der Waals surface area (Å²) in [4.78, 5) is 10.4. The summed E-state index contributed by atoms with van der Waals surface area (Å²) in [6.07, 6.45) is 0.918. The second-order valence-electron chi connectivity index (χ2n) is 4.69. The molecule has 21 heavy (non-hydrogen) atoms. The Kier molecular flexibility index (Phi) is 5.88. The number of anilines is 1. The second kappa shape index (κ2) is 7.66. The summed E-state index contributed by atoms with van der Waals surface area (Å²) in [6.45, 7) is 7.14. The maximum absolute atomic E-state index is 6.01. The molecule has 3 nitrogen and oxygen atoms in total. The molecule has 2 aromatic rings. The zero-order chi connectivity index (χ0) is 15.2. The lowest BCUT2D eigenvalue weighted by Crippen LogP contribution is -2.08. The number of aromatic nitrogens is 2. The standard InChI is InChI=1S/C16H20ClN3S/c1-4-14-11(3)16(18-5-2)20-15(19-14)10-21-13-8-6-7-12(17)9-13/h6-9H,4-5,10H2,1-3H3,(H,18,19,20). The van der Waals surface area contributed by atoms with E-state index in [1.54, 1.807) is 11.8 Å². The third kappa shape index (κ3) is 4.35. The van der Waals surface area contributed by atoms with Gasteiger partial charge >= 0.3 is 0 Å². The Morgan fingerprint density at radius 2 is 2.05 bits per heavy atom. The smallest absolute Gasteiger partial charge is 0.141 e. The average Bonchev–Trinajstić information content (AvgIpc) is 2.48. The van der Waals surface area contributed by atoms with Crippen LogP contribution >= 0.6 is 23.4 Å². The zero-order valence-corrected chi connectivity index (χ0v) is 14.2. The number of rotatable bonds is 6. The fraction of sp³-hybridized carbons (Fsp3) is 0.375. The van der Waals surface area contributed by atoms with E-state index in [-0.39, 0.29) is 0 Å². The molecule has 112 valence electrons. The minimum Gasteiger partial charge on any atom is -0.370 e. The van der Waals surface area contributed by atoms with Gasteiger partial charge in [-0.05, 0) is 38.5 Å². The molecular formula is C16H20ClN3S. The fourth-order valence-electron chi connectivity index (χ4n) is 2.07. The van der Waals surface area contributed by atoms with E-state index in [0.29, 0.717) is 0 Å². The van der Waals surface area contributed by atoms with Gasteiger partial charge in [0.2, 0.25) is 0 Å². The zero-order valence-electron chi connectivity index (χ0n) is 12.6. The Bertz CT molecular complexity index is 616. The lowest BCUT2D eigenvalue weighted by molar-refractivity contribution is 0.914. The lowest BCUT2D eigenvalue weighted by Gasteiger charge is -2.12. The summed E-state index contributed by atoms with van der Waals surface area (Å²) in [5.74, 6) is 2.55. The maximum atomic E-state index is 6.01. The van der Waals surface area contributed by atoms with E-state index in [1.165, 1.54) is 0 Å². The van der Waals surface area contributed by atoms with Gasteiger partial charge in [0.25, 0.3) is 0 Å². The fourth-order valence-corrected chi connectivity index (χ4v) is 3.13. The van der Waals surface area contributed by atoms with E-state index in [2.05, 4.69) is 42.1 Å². The van der Waals surface area contributed by atoms with Crippen molar-refractivity contribution in [1.82, 2.24) is 9.97 Å². The molecule has 1 N–H and O–H groups in total. The molecule has 0 amide bonds. The highest BCUT2D eigenvalue weighted by Gasteiger charge is 2.09. The molecule has 5 heteroatoms. The molecule has 0 saturated heterocycles. The van der Waals surface area contributed by atoms with E-state index in [4.69, 9.17) is 11.6 Å². The van der Waals surface area contributed by atoms with Gasteiger partial charge in [0, 0.05) is 27.7 Å². The van der Waals surface area contributed by atoms with Gasteiger partial charge in [0.15, 0.2) is 0 Å². The molecular weight excluding hydrogens is 302 g/mol. The lowest BCUT2D eigenvalue weighted by atomic mass is 10.2. The molecule has 0 spiro atoms. The molecule has 0 aliphatic heterocycles. The molecule has 1 aromatic heterocycles. The minimum atomic E-state index is 0.742. The predicted molar refractivity (Wildman–Crippen MR) is 91.3 cm³/mol. The predicted octanol–water partition coefficient (Wildman–Crippen LogP) is 4.72. The van der Waals surface area contributed by atoms with Gasteiger partial charge in [0.1, 0.15) is 11.6 Å². The van der Waals surface area contributed by atoms with Crippen LogP contribution in [0.3, 0.4) is 0 Å². The van der Waals surface area contributed by atoms with Gasteiger partial charge < -0.3 is 5.32 Å². The quantitative estimate of drug-likeness (QED) is 0.781. The Morgan fingerprint density at radius 1 is 1.24 bits per heavy atom. The highest BCUT2D eigenvalue weighted by molar-refractivity contribution is 7.98. The van der Waals surface area contributed by atoms with Crippen LogP contribution in [0.25, 0.3) is 0 Å². The number of aryl methyl sites for hydroxylation is 1. The van der Waals surface area contributed by atoms with Gasteiger partial charge in [-0.1, -0.05) is 24.6 Å². The second-order valence-corrected chi connectivity index (χ2v) is 6.18. The van der Waals surface area contributed by atoms with Crippen molar-refractivity contribution in [3.63, 3.8) is 0 Å². The molecule has 2 rings (SSSR count). The molecule has 0 aliphatic carbocycles. The van der Waals surface area contributed by atoms with E-state index >= 15 is 0 Å². The number of nitrogens with zero attached hydrogens (tertiary/aromatic N) is 2. The van der Waals surface area contributed by atoms with Gasteiger partial charge in [-0.15, -0.1) is 11.8 Å². The average molecular weight is 322 g/mol. The van der Waals surface area contributed by atoms with Crippen LogP contribution in [0, 0.1) is 6.92 Å². The van der Waals surface area contributed by atoms with Crippen molar-refractivity contribution in [3.8, 4) is 0 Å². The first-order valence-electron chi connectivity index (χ1n) is 7.12. The van der Waals surface area contributed by atoms with E-state index < -0.39 is 0 Å². The van der Waals surface area contributed by atoms with Crippen LogP contribution in [0.2, 0.25) is 5.02 Å². The van der Waals surface area contributed by atoms with Crippen LogP contribution in [-0.4, -0.2) is 16.5 Å². The topological polar surface area (TPSA) is 37.8 Å². The summed E-state index contributed by atoms with van der Waals surface area (Å²) in [5.41, 5.74) is 2.26. The first kappa shape index (κ1) is 16.1. The number of halogens is 1. The van der Waals surface area contributed by atoms with Crippen molar-refractivity contribution >= 4 is 29.2 Å². The number of thioether (sulfide) groups is 1. The van der Waals surface area contributed by atoms with Gasteiger partial charge in [-0.2, -0.15) is 0 Å². The number of benzene rings is 1.